The van der Waals surface area contributed by atoms with Gasteiger partial charge in [0.05, 0.1) is 24.2 Å². The van der Waals surface area contributed by atoms with Crippen LogP contribution in [0.2, 0.25) is 0 Å². The maximum atomic E-state index is 12.7. The highest BCUT2D eigenvalue weighted by Crippen LogP contribution is 2.30. The van der Waals surface area contributed by atoms with Crippen molar-refractivity contribution in [2.75, 3.05) is 31.2 Å². The van der Waals surface area contributed by atoms with Gasteiger partial charge in [-0.15, -0.1) is 10.2 Å². The van der Waals surface area contributed by atoms with Gasteiger partial charge in [-0.3, -0.25) is 14.7 Å². The van der Waals surface area contributed by atoms with Crippen molar-refractivity contribution in [3.63, 3.8) is 0 Å². The lowest BCUT2D eigenvalue weighted by atomic mass is 10.2. The molecular weight excluding hydrogens is 428 g/mol. The molecule has 3 amide bonds. The SMILES string of the molecule is Cc1cccc(-n2c(SC(C)C(=O)NC(=O)NC3CCCC3)nnc2N2CCOCC2)c1. The first-order valence-electron chi connectivity index (χ1n) is 11.1. The second kappa shape index (κ2) is 10.4. The van der Waals surface area contributed by atoms with Crippen LogP contribution in [-0.4, -0.2) is 64.3 Å². The van der Waals surface area contributed by atoms with Gasteiger partial charge in [0.25, 0.3) is 0 Å². The fraction of sp³-hybridized carbons (Fsp3) is 0.545. The number of imide groups is 1. The van der Waals surface area contributed by atoms with Crippen LogP contribution < -0.4 is 15.5 Å². The third-order valence-electron chi connectivity index (χ3n) is 5.75. The number of rotatable bonds is 6. The van der Waals surface area contributed by atoms with Crippen molar-refractivity contribution >= 4 is 29.6 Å². The van der Waals surface area contributed by atoms with E-state index in [9.17, 15) is 9.59 Å². The van der Waals surface area contributed by atoms with Crippen LogP contribution >= 0.6 is 11.8 Å². The summed E-state index contributed by atoms with van der Waals surface area (Å²) in [6.45, 7) is 6.54. The van der Waals surface area contributed by atoms with Crippen LogP contribution in [0.5, 0.6) is 0 Å². The van der Waals surface area contributed by atoms with Gasteiger partial charge in [0.15, 0.2) is 5.16 Å². The third-order valence-corrected chi connectivity index (χ3v) is 6.79. The molecule has 2 aliphatic rings. The summed E-state index contributed by atoms with van der Waals surface area (Å²) >= 11 is 1.29. The summed E-state index contributed by atoms with van der Waals surface area (Å²) in [6.07, 6.45) is 4.17. The van der Waals surface area contributed by atoms with Crippen molar-refractivity contribution in [1.82, 2.24) is 25.4 Å². The molecule has 1 unspecified atom stereocenters. The van der Waals surface area contributed by atoms with Crippen LogP contribution in [0.15, 0.2) is 29.4 Å². The molecule has 2 N–H and O–H groups in total. The van der Waals surface area contributed by atoms with Crippen molar-refractivity contribution in [3.8, 4) is 5.69 Å². The van der Waals surface area contributed by atoms with Gasteiger partial charge in [0.2, 0.25) is 11.9 Å². The van der Waals surface area contributed by atoms with E-state index in [1.54, 1.807) is 6.92 Å². The van der Waals surface area contributed by atoms with Crippen LogP contribution in [0.25, 0.3) is 5.69 Å². The Kier molecular flexibility index (Phi) is 7.31. The monoisotopic (exact) mass is 458 g/mol. The molecule has 32 heavy (non-hydrogen) atoms. The van der Waals surface area contributed by atoms with E-state index in [2.05, 4.69) is 31.8 Å². The molecule has 1 aromatic heterocycles. The lowest BCUT2D eigenvalue weighted by molar-refractivity contribution is -0.119. The highest BCUT2D eigenvalue weighted by molar-refractivity contribution is 8.00. The standard InChI is InChI=1S/C22H30N6O3S/c1-15-6-5-9-18(14-15)28-21(27-10-12-31-13-11-27)25-26-22(28)32-16(2)19(29)24-20(30)23-17-7-3-4-8-17/h5-6,9,14,16-17H,3-4,7-8,10-13H2,1-2H3,(H2,23,24,29,30). The molecule has 10 heteroatoms. The molecular formula is C22H30N6O3S. The van der Waals surface area contributed by atoms with Crippen LogP contribution in [-0.2, 0) is 9.53 Å². The molecule has 4 rings (SSSR count). The van der Waals surface area contributed by atoms with Gasteiger partial charge in [-0.1, -0.05) is 36.7 Å². The summed E-state index contributed by atoms with van der Waals surface area (Å²) in [6, 6.07) is 7.83. The third kappa shape index (κ3) is 5.42. The van der Waals surface area contributed by atoms with E-state index in [0.717, 1.165) is 56.0 Å². The molecule has 1 saturated heterocycles. The van der Waals surface area contributed by atoms with Crippen LogP contribution in [0.1, 0.15) is 38.2 Å². The van der Waals surface area contributed by atoms with E-state index in [4.69, 9.17) is 4.74 Å². The average Bonchev–Trinajstić information content (AvgIpc) is 3.44. The zero-order valence-electron chi connectivity index (χ0n) is 18.5. The first-order chi connectivity index (χ1) is 15.5. The maximum absolute atomic E-state index is 12.7. The van der Waals surface area contributed by atoms with Gasteiger partial charge in [-0.25, -0.2) is 4.79 Å². The Bertz CT molecular complexity index is 953. The summed E-state index contributed by atoms with van der Waals surface area (Å²) < 4.78 is 7.46. The van der Waals surface area contributed by atoms with Crippen molar-refractivity contribution in [2.45, 2.75) is 56.0 Å². The van der Waals surface area contributed by atoms with E-state index in [0.29, 0.717) is 18.4 Å². The number of benzene rings is 1. The zero-order chi connectivity index (χ0) is 22.5. The quantitative estimate of drug-likeness (QED) is 0.642. The lowest BCUT2D eigenvalue weighted by Crippen LogP contribution is -2.46. The minimum atomic E-state index is -0.519. The number of hydrogen-bond acceptors (Lipinski definition) is 7. The maximum Gasteiger partial charge on any atom is 0.321 e. The number of amides is 3. The molecule has 0 spiro atoms. The van der Waals surface area contributed by atoms with Crippen LogP contribution in [0.4, 0.5) is 10.7 Å². The topological polar surface area (TPSA) is 101 Å². The first-order valence-corrected chi connectivity index (χ1v) is 12.0. The Balaban J connectivity index is 1.50. The normalized spacial score (nSPS) is 17.9. The predicted octanol–water partition coefficient (Wildman–Crippen LogP) is 2.66. The fourth-order valence-corrected chi connectivity index (χ4v) is 4.88. The van der Waals surface area contributed by atoms with E-state index >= 15 is 0 Å². The highest BCUT2D eigenvalue weighted by atomic mass is 32.2. The summed E-state index contributed by atoms with van der Waals surface area (Å²) in [4.78, 5) is 27.0. The second-order valence-corrected chi connectivity index (χ2v) is 9.57. The van der Waals surface area contributed by atoms with E-state index in [-0.39, 0.29) is 11.9 Å². The Morgan fingerprint density at radius 1 is 1.19 bits per heavy atom. The number of anilines is 1. The number of hydrogen-bond donors (Lipinski definition) is 2. The number of aromatic nitrogens is 3. The van der Waals surface area contributed by atoms with E-state index in [1.165, 1.54) is 11.8 Å². The fourth-order valence-electron chi connectivity index (χ4n) is 4.02. The number of nitrogens with zero attached hydrogens (tertiary/aromatic N) is 4. The molecule has 1 atom stereocenters. The van der Waals surface area contributed by atoms with Crippen molar-refractivity contribution in [2.24, 2.45) is 0 Å². The summed E-state index contributed by atoms with van der Waals surface area (Å²) in [5.41, 5.74) is 2.06. The molecule has 9 nitrogen and oxygen atoms in total. The summed E-state index contributed by atoms with van der Waals surface area (Å²) in [7, 11) is 0. The molecule has 2 heterocycles. The molecule has 2 fully saturated rings. The molecule has 1 aliphatic heterocycles. The van der Waals surface area contributed by atoms with Gasteiger partial charge in [0.1, 0.15) is 0 Å². The van der Waals surface area contributed by atoms with Crippen molar-refractivity contribution in [3.05, 3.63) is 29.8 Å². The Morgan fingerprint density at radius 2 is 1.94 bits per heavy atom. The first kappa shape index (κ1) is 22.6. The number of aryl methyl sites for hydroxylation is 1. The largest absolute Gasteiger partial charge is 0.378 e. The molecule has 172 valence electrons. The van der Waals surface area contributed by atoms with Gasteiger partial charge in [0, 0.05) is 19.1 Å². The Morgan fingerprint density at radius 3 is 2.66 bits per heavy atom. The lowest BCUT2D eigenvalue weighted by Gasteiger charge is -2.28. The zero-order valence-corrected chi connectivity index (χ0v) is 19.4. The highest BCUT2D eigenvalue weighted by Gasteiger charge is 2.26. The van der Waals surface area contributed by atoms with Crippen molar-refractivity contribution < 1.29 is 14.3 Å². The number of nitrogens with one attached hydrogen (secondary N) is 2. The number of urea groups is 1. The van der Waals surface area contributed by atoms with Crippen LogP contribution in [0, 0.1) is 6.92 Å². The number of thioether (sulfide) groups is 1. The number of carbonyl (C=O) groups excluding carboxylic acids is 2. The van der Waals surface area contributed by atoms with Crippen molar-refractivity contribution in [1.29, 1.82) is 0 Å². The minimum absolute atomic E-state index is 0.159. The van der Waals surface area contributed by atoms with E-state index < -0.39 is 11.3 Å². The van der Waals surface area contributed by atoms with Crippen LogP contribution in [0.3, 0.4) is 0 Å². The molecule has 1 aromatic carbocycles. The number of carbonyl (C=O) groups is 2. The second-order valence-electron chi connectivity index (χ2n) is 8.26. The molecule has 1 aliphatic carbocycles. The predicted molar refractivity (Wildman–Crippen MR) is 123 cm³/mol. The Labute approximate surface area is 192 Å². The van der Waals surface area contributed by atoms with Gasteiger partial charge in [-0.2, -0.15) is 0 Å². The molecule has 0 radical (unpaired) electrons. The van der Waals surface area contributed by atoms with Gasteiger partial charge < -0.3 is 15.0 Å². The number of morpholine rings is 1. The molecule has 1 saturated carbocycles. The smallest absolute Gasteiger partial charge is 0.321 e. The summed E-state index contributed by atoms with van der Waals surface area (Å²) in [5.74, 6) is 0.380. The van der Waals surface area contributed by atoms with Gasteiger partial charge in [-0.05, 0) is 44.4 Å². The molecule has 0 bridgehead atoms. The number of ether oxygens (including phenoxy) is 1. The molecule has 2 aromatic rings. The Hall–Kier alpha value is -2.59. The summed E-state index contributed by atoms with van der Waals surface area (Å²) in [5, 5.41) is 14.3. The minimum Gasteiger partial charge on any atom is -0.378 e. The van der Waals surface area contributed by atoms with E-state index in [1.807, 2.05) is 29.7 Å². The average molecular weight is 459 g/mol. The van der Waals surface area contributed by atoms with Gasteiger partial charge >= 0.3 is 6.03 Å².